The number of imidazole rings is 1. The molecule has 1 fully saturated rings. The Labute approximate surface area is 163 Å². The van der Waals surface area contributed by atoms with Crippen LogP contribution in [0.1, 0.15) is 18.9 Å². The van der Waals surface area contributed by atoms with Crippen LogP contribution < -0.4 is 5.32 Å². The monoisotopic (exact) mass is 457 g/mol. The zero-order valence-electron chi connectivity index (χ0n) is 14.4. The first kappa shape index (κ1) is 21.6. The summed E-state index contributed by atoms with van der Waals surface area (Å²) >= 11 is 5.94. The number of halogens is 1. The average molecular weight is 458 g/mol. The smallest absolute Gasteiger partial charge is 0.371 e. The fraction of sp³-hybridized carbons (Fsp3) is 0.583. The van der Waals surface area contributed by atoms with Crippen LogP contribution in [-0.2, 0) is 18.2 Å². The molecule has 28 heavy (non-hydrogen) atoms. The third-order valence-corrected chi connectivity index (χ3v) is 5.56. The Morgan fingerprint density at radius 2 is 1.96 bits per heavy atom. The van der Waals surface area contributed by atoms with Crippen molar-refractivity contribution in [1.82, 2.24) is 19.5 Å². The van der Waals surface area contributed by atoms with E-state index in [-0.39, 0.29) is 24.2 Å². The number of aromatic nitrogens is 4. The van der Waals surface area contributed by atoms with E-state index in [0.717, 1.165) is 0 Å². The van der Waals surface area contributed by atoms with E-state index in [4.69, 9.17) is 35.7 Å². The summed E-state index contributed by atoms with van der Waals surface area (Å²) in [5.41, 5.74) is 0.857. The molecule has 3 rings (SSSR count). The maximum absolute atomic E-state index is 11.3. The van der Waals surface area contributed by atoms with Gasteiger partial charge in [0, 0.05) is 19.0 Å². The van der Waals surface area contributed by atoms with Crippen LogP contribution >= 0.6 is 27.2 Å². The van der Waals surface area contributed by atoms with Crippen LogP contribution in [0.5, 0.6) is 0 Å². The van der Waals surface area contributed by atoms with Crippen molar-refractivity contribution < 1.29 is 37.8 Å². The first-order chi connectivity index (χ1) is 13.0. The number of phosphoric acid groups is 2. The van der Waals surface area contributed by atoms with Crippen LogP contribution in [0.4, 0.5) is 5.82 Å². The van der Waals surface area contributed by atoms with E-state index >= 15 is 0 Å². The molecule has 0 aliphatic heterocycles. The van der Waals surface area contributed by atoms with Crippen molar-refractivity contribution in [2.24, 2.45) is 5.92 Å². The molecule has 1 aliphatic rings. The highest BCUT2D eigenvalue weighted by atomic mass is 35.5. The van der Waals surface area contributed by atoms with E-state index in [9.17, 15) is 9.13 Å². The first-order valence-electron chi connectivity index (χ1n) is 7.98. The predicted octanol–water partition coefficient (Wildman–Crippen LogP) is 1.06. The summed E-state index contributed by atoms with van der Waals surface area (Å²) < 4.78 is 33.3. The van der Waals surface area contributed by atoms with E-state index in [1.54, 1.807) is 11.6 Å². The Hall–Kier alpha value is -1.14. The molecule has 0 amide bonds. The lowest BCUT2D eigenvalue weighted by atomic mass is 10.1. The lowest BCUT2D eigenvalue weighted by molar-refractivity contribution is 0.0738. The Balaban J connectivity index is 1.90. The average Bonchev–Trinajstić information content (AvgIpc) is 3.13. The van der Waals surface area contributed by atoms with Gasteiger partial charge in [0.25, 0.3) is 0 Å². The van der Waals surface area contributed by atoms with Gasteiger partial charge in [-0.2, -0.15) is 9.97 Å². The quantitative estimate of drug-likeness (QED) is 0.294. The molecule has 0 saturated heterocycles. The molecule has 13 nitrogen and oxygen atoms in total. The van der Waals surface area contributed by atoms with Gasteiger partial charge in [-0.1, -0.05) is 0 Å². The number of nitrogens with zero attached hydrogens (tertiary/aromatic N) is 4. The van der Waals surface area contributed by atoms with E-state index in [2.05, 4.69) is 24.8 Å². The molecule has 1 aliphatic carbocycles. The molecule has 0 bridgehead atoms. The SMILES string of the molecule is CNc1nc(Cl)nc2c1ncn2[C@@H]1C[C@H](COP(=O)(O)O)[C@H](OP(=O)(O)O)C1. The summed E-state index contributed by atoms with van der Waals surface area (Å²) in [6.07, 6.45) is 0.896. The van der Waals surface area contributed by atoms with E-state index < -0.39 is 34.3 Å². The summed E-state index contributed by atoms with van der Waals surface area (Å²) in [4.78, 5) is 48.6. The van der Waals surface area contributed by atoms with Crippen LogP contribution in [0.15, 0.2) is 6.33 Å². The molecule has 0 spiro atoms. The molecule has 0 unspecified atom stereocenters. The van der Waals surface area contributed by atoms with Crippen molar-refractivity contribution >= 4 is 44.2 Å². The lowest BCUT2D eigenvalue weighted by Crippen LogP contribution is -2.21. The van der Waals surface area contributed by atoms with Crippen molar-refractivity contribution in [1.29, 1.82) is 0 Å². The Kier molecular flexibility index (Phi) is 6.12. The molecular formula is C12H18ClN5O8P2. The lowest BCUT2D eigenvalue weighted by Gasteiger charge is -2.19. The van der Waals surface area contributed by atoms with Gasteiger partial charge in [0.1, 0.15) is 0 Å². The second kappa shape index (κ2) is 7.94. The minimum Gasteiger partial charge on any atom is -0.371 e. The molecule has 5 N–H and O–H groups in total. The maximum Gasteiger partial charge on any atom is 0.469 e. The number of anilines is 1. The maximum atomic E-state index is 11.3. The number of nitrogens with one attached hydrogen (secondary N) is 1. The predicted molar refractivity (Wildman–Crippen MR) is 96.6 cm³/mol. The molecule has 0 aromatic carbocycles. The van der Waals surface area contributed by atoms with Crippen LogP contribution in [0.2, 0.25) is 5.28 Å². The minimum atomic E-state index is -4.82. The number of hydrogen-bond acceptors (Lipinski definition) is 8. The van der Waals surface area contributed by atoms with Crippen LogP contribution in [-0.4, -0.2) is 58.9 Å². The van der Waals surface area contributed by atoms with E-state index in [0.29, 0.717) is 17.0 Å². The van der Waals surface area contributed by atoms with Gasteiger partial charge in [-0.3, -0.25) is 9.05 Å². The van der Waals surface area contributed by atoms with Crippen molar-refractivity contribution in [2.75, 3.05) is 19.0 Å². The number of hydrogen-bond donors (Lipinski definition) is 5. The summed E-state index contributed by atoms with van der Waals surface area (Å²) in [7, 11) is -7.92. The molecule has 0 radical (unpaired) electrons. The molecule has 2 aromatic heterocycles. The number of phosphoric ester groups is 2. The van der Waals surface area contributed by atoms with Crippen molar-refractivity contribution in [3.8, 4) is 0 Å². The second-order valence-corrected chi connectivity index (χ2v) is 8.99. The van der Waals surface area contributed by atoms with Gasteiger partial charge in [-0.05, 0) is 24.4 Å². The highest BCUT2D eigenvalue weighted by Crippen LogP contribution is 2.48. The minimum absolute atomic E-state index is 0.0130. The summed E-state index contributed by atoms with van der Waals surface area (Å²) in [5, 5.41) is 2.84. The molecule has 16 heteroatoms. The standard InChI is InChI=1S/C12H18ClN5O8P2/c1-14-10-9-11(17-12(13)16-10)18(5-15-9)7-2-6(4-25-27(19,20)21)8(3-7)26-28(22,23)24/h5-8H,2-4H2,1H3,(H,14,16,17)(H2,19,20,21)(H2,22,23,24)/t6-,7-,8-/m1/s1. The number of rotatable bonds is 7. The first-order valence-corrected chi connectivity index (χ1v) is 11.4. The third kappa shape index (κ3) is 5.07. The molecule has 2 heterocycles. The third-order valence-electron chi connectivity index (χ3n) is 4.36. The Morgan fingerprint density at radius 3 is 2.57 bits per heavy atom. The van der Waals surface area contributed by atoms with Crippen LogP contribution in [0.3, 0.4) is 0 Å². The van der Waals surface area contributed by atoms with Gasteiger partial charge in [-0.25, -0.2) is 14.1 Å². The largest absolute Gasteiger partial charge is 0.469 e. The van der Waals surface area contributed by atoms with Crippen molar-refractivity contribution in [3.05, 3.63) is 11.6 Å². The molecule has 3 atom stereocenters. The second-order valence-electron chi connectivity index (χ2n) is 6.22. The van der Waals surface area contributed by atoms with E-state index in [1.165, 1.54) is 6.33 Å². The number of fused-ring (bicyclic) bond motifs is 1. The van der Waals surface area contributed by atoms with Gasteiger partial charge in [0.2, 0.25) is 5.28 Å². The summed E-state index contributed by atoms with van der Waals surface area (Å²) in [5.74, 6) is -0.264. The van der Waals surface area contributed by atoms with Crippen LogP contribution in [0.25, 0.3) is 11.2 Å². The Morgan fingerprint density at radius 1 is 1.25 bits per heavy atom. The highest BCUT2D eigenvalue weighted by Gasteiger charge is 2.41. The molecule has 1 saturated carbocycles. The zero-order valence-corrected chi connectivity index (χ0v) is 17.0. The molecular weight excluding hydrogens is 440 g/mol. The van der Waals surface area contributed by atoms with Crippen molar-refractivity contribution in [3.63, 3.8) is 0 Å². The Bertz CT molecular complexity index is 961. The summed E-state index contributed by atoms with van der Waals surface area (Å²) in [6, 6.07) is -0.373. The molecule has 2 aromatic rings. The highest BCUT2D eigenvalue weighted by molar-refractivity contribution is 7.46. The van der Waals surface area contributed by atoms with Crippen LogP contribution in [0, 0.1) is 5.92 Å². The summed E-state index contributed by atoms with van der Waals surface area (Å²) in [6.45, 7) is -0.435. The van der Waals surface area contributed by atoms with Gasteiger partial charge >= 0.3 is 15.6 Å². The van der Waals surface area contributed by atoms with Gasteiger partial charge in [0.05, 0.1) is 19.0 Å². The van der Waals surface area contributed by atoms with E-state index in [1.807, 2.05) is 0 Å². The zero-order chi connectivity index (χ0) is 20.7. The van der Waals surface area contributed by atoms with Gasteiger partial charge in [0.15, 0.2) is 17.0 Å². The fourth-order valence-corrected chi connectivity index (χ4v) is 4.45. The molecule has 156 valence electrons. The van der Waals surface area contributed by atoms with Gasteiger partial charge < -0.3 is 29.5 Å². The van der Waals surface area contributed by atoms with Crippen molar-refractivity contribution in [2.45, 2.75) is 25.0 Å². The fourth-order valence-electron chi connectivity index (χ4n) is 3.29. The topological polar surface area (TPSA) is 189 Å². The van der Waals surface area contributed by atoms with Gasteiger partial charge in [-0.15, -0.1) is 0 Å². The normalized spacial score (nSPS) is 23.4.